The summed E-state index contributed by atoms with van der Waals surface area (Å²) in [5.41, 5.74) is 8.52. The highest BCUT2D eigenvalue weighted by Crippen LogP contribution is 2.19. The highest BCUT2D eigenvalue weighted by Gasteiger charge is 2.12. The Morgan fingerprint density at radius 2 is 1.97 bits per heavy atom. The first-order valence-electron chi connectivity index (χ1n) is 8.47. The molecule has 0 unspecified atom stereocenters. The van der Waals surface area contributed by atoms with Gasteiger partial charge in [0, 0.05) is 11.1 Å². The fourth-order valence-corrected chi connectivity index (χ4v) is 2.47. The Morgan fingerprint density at radius 1 is 1.24 bits per heavy atom. The lowest BCUT2D eigenvalue weighted by Crippen LogP contribution is -2.20. The molecule has 0 aliphatic rings. The van der Waals surface area contributed by atoms with Crippen molar-refractivity contribution in [2.24, 2.45) is 10.8 Å². The number of nitriles is 1. The number of para-hydroxylation sites is 1. The molecule has 9 nitrogen and oxygen atoms in total. The van der Waals surface area contributed by atoms with Crippen LogP contribution < -0.4 is 21.5 Å². The maximum atomic E-state index is 12.2. The van der Waals surface area contributed by atoms with Crippen LogP contribution in [0.3, 0.4) is 0 Å². The average Bonchev–Trinajstić information content (AvgIpc) is 2.73. The SMILES string of the molecule is N#Cc1c(-c2ccccc2)nc(NN=Cc2ccccc2OCC(N)=O)[nH]c1=O. The minimum Gasteiger partial charge on any atom is -0.483 e. The zero-order valence-corrected chi connectivity index (χ0v) is 15.1. The summed E-state index contributed by atoms with van der Waals surface area (Å²) in [5, 5.41) is 13.3. The summed E-state index contributed by atoms with van der Waals surface area (Å²) in [6, 6.07) is 17.7. The first-order valence-corrected chi connectivity index (χ1v) is 8.47. The number of nitrogens with one attached hydrogen (secondary N) is 2. The topological polar surface area (TPSA) is 146 Å². The van der Waals surface area contributed by atoms with Crippen molar-refractivity contribution in [3.05, 3.63) is 76.1 Å². The standard InChI is InChI=1S/C20H16N6O3/c21-10-15-18(13-6-2-1-3-7-13)24-20(25-19(15)28)26-23-11-14-8-4-5-9-16(14)29-12-17(22)27/h1-9,11H,12H2,(H2,22,27)(H2,24,25,26,28). The van der Waals surface area contributed by atoms with Crippen LogP contribution in [-0.4, -0.2) is 28.7 Å². The molecule has 0 radical (unpaired) electrons. The van der Waals surface area contributed by atoms with E-state index in [1.807, 2.05) is 12.1 Å². The molecule has 0 saturated carbocycles. The van der Waals surface area contributed by atoms with Crippen molar-refractivity contribution in [1.82, 2.24) is 9.97 Å². The van der Waals surface area contributed by atoms with Crippen LogP contribution in [0.1, 0.15) is 11.1 Å². The molecule has 0 bridgehead atoms. The van der Waals surface area contributed by atoms with Crippen LogP contribution in [0.5, 0.6) is 5.75 Å². The number of nitrogens with zero attached hydrogens (tertiary/aromatic N) is 3. The maximum Gasteiger partial charge on any atom is 0.270 e. The lowest BCUT2D eigenvalue weighted by atomic mass is 10.1. The van der Waals surface area contributed by atoms with Gasteiger partial charge in [-0.05, 0) is 12.1 Å². The summed E-state index contributed by atoms with van der Waals surface area (Å²) >= 11 is 0. The number of H-pyrrole nitrogens is 1. The molecule has 1 aromatic heterocycles. The Labute approximate surface area is 165 Å². The molecule has 9 heteroatoms. The predicted octanol–water partition coefficient (Wildman–Crippen LogP) is 1.62. The fraction of sp³-hybridized carbons (Fsp3) is 0.0500. The number of aromatic nitrogens is 2. The average molecular weight is 388 g/mol. The van der Waals surface area contributed by atoms with Gasteiger partial charge in [-0.15, -0.1) is 0 Å². The highest BCUT2D eigenvalue weighted by molar-refractivity contribution is 5.84. The second-order valence-corrected chi connectivity index (χ2v) is 5.78. The molecule has 0 aliphatic heterocycles. The number of ether oxygens (including phenoxy) is 1. The number of primary amides is 1. The molecule has 29 heavy (non-hydrogen) atoms. The number of amides is 1. The second-order valence-electron chi connectivity index (χ2n) is 5.78. The van der Waals surface area contributed by atoms with Gasteiger partial charge in [-0.3, -0.25) is 14.6 Å². The third-order valence-corrected chi connectivity index (χ3v) is 3.74. The lowest BCUT2D eigenvalue weighted by Gasteiger charge is -2.07. The minimum atomic E-state index is -0.595. The minimum absolute atomic E-state index is 0.0691. The number of hydrogen-bond donors (Lipinski definition) is 3. The molecule has 3 aromatic rings. The van der Waals surface area contributed by atoms with Gasteiger partial charge < -0.3 is 10.5 Å². The first kappa shape index (κ1) is 19.3. The maximum absolute atomic E-state index is 12.2. The van der Waals surface area contributed by atoms with E-state index in [0.717, 1.165) is 0 Å². The number of hydrazone groups is 1. The Hall–Kier alpha value is -4.45. The number of hydrogen-bond acceptors (Lipinski definition) is 7. The molecular weight excluding hydrogens is 372 g/mol. The number of carbonyl (C=O) groups is 1. The highest BCUT2D eigenvalue weighted by atomic mass is 16.5. The molecule has 0 atom stereocenters. The lowest BCUT2D eigenvalue weighted by molar-refractivity contribution is -0.119. The summed E-state index contributed by atoms with van der Waals surface area (Å²) in [4.78, 5) is 29.9. The van der Waals surface area contributed by atoms with Crippen LogP contribution >= 0.6 is 0 Å². The third-order valence-electron chi connectivity index (χ3n) is 3.74. The van der Waals surface area contributed by atoms with Crippen LogP contribution in [0, 0.1) is 11.3 Å². The molecule has 3 rings (SSSR count). The van der Waals surface area contributed by atoms with Crippen LogP contribution in [0.25, 0.3) is 11.3 Å². The van der Waals surface area contributed by atoms with E-state index in [1.165, 1.54) is 6.21 Å². The molecule has 0 aliphatic carbocycles. The van der Waals surface area contributed by atoms with Gasteiger partial charge in [0.15, 0.2) is 6.61 Å². The molecule has 1 heterocycles. The van der Waals surface area contributed by atoms with Crippen molar-refractivity contribution in [3.63, 3.8) is 0 Å². The number of carbonyl (C=O) groups excluding carboxylic acids is 1. The van der Waals surface area contributed by atoms with E-state index in [0.29, 0.717) is 16.9 Å². The number of benzene rings is 2. The van der Waals surface area contributed by atoms with E-state index >= 15 is 0 Å². The number of anilines is 1. The van der Waals surface area contributed by atoms with E-state index < -0.39 is 11.5 Å². The summed E-state index contributed by atoms with van der Waals surface area (Å²) in [5.74, 6) is -0.106. The molecule has 1 amide bonds. The Balaban J connectivity index is 1.85. The predicted molar refractivity (Wildman–Crippen MR) is 107 cm³/mol. The summed E-state index contributed by atoms with van der Waals surface area (Å²) in [7, 11) is 0. The van der Waals surface area contributed by atoms with Crippen molar-refractivity contribution in [1.29, 1.82) is 5.26 Å². The van der Waals surface area contributed by atoms with Gasteiger partial charge in [0.05, 0.1) is 11.9 Å². The van der Waals surface area contributed by atoms with Crippen LogP contribution in [-0.2, 0) is 4.79 Å². The van der Waals surface area contributed by atoms with Gasteiger partial charge in [0.2, 0.25) is 5.95 Å². The summed E-state index contributed by atoms with van der Waals surface area (Å²) < 4.78 is 5.32. The van der Waals surface area contributed by atoms with E-state index in [1.54, 1.807) is 48.5 Å². The van der Waals surface area contributed by atoms with E-state index in [4.69, 9.17) is 10.5 Å². The molecular formula is C20H16N6O3. The second kappa shape index (κ2) is 8.96. The monoisotopic (exact) mass is 388 g/mol. The van der Waals surface area contributed by atoms with Crippen LogP contribution in [0.15, 0.2) is 64.5 Å². The van der Waals surface area contributed by atoms with Gasteiger partial charge in [-0.25, -0.2) is 10.4 Å². The van der Waals surface area contributed by atoms with Gasteiger partial charge >= 0.3 is 0 Å². The third kappa shape index (κ3) is 4.84. The zero-order chi connectivity index (χ0) is 20.6. The first-order chi connectivity index (χ1) is 14.1. The summed E-state index contributed by atoms with van der Waals surface area (Å²) in [6.45, 7) is -0.261. The van der Waals surface area contributed by atoms with Crippen molar-refractivity contribution >= 4 is 18.1 Å². The normalized spacial score (nSPS) is 10.4. The number of rotatable bonds is 7. The Morgan fingerprint density at radius 3 is 2.69 bits per heavy atom. The van der Waals surface area contributed by atoms with Gasteiger partial charge in [0.1, 0.15) is 17.4 Å². The van der Waals surface area contributed by atoms with Gasteiger partial charge in [0.25, 0.3) is 11.5 Å². The molecule has 0 spiro atoms. The van der Waals surface area contributed by atoms with Crippen molar-refractivity contribution in [3.8, 4) is 23.1 Å². The van der Waals surface area contributed by atoms with Gasteiger partial charge in [-0.2, -0.15) is 10.4 Å². The van der Waals surface area contributed by atoms with Crippen molar-refractivity contribution < 1.29 is 9.53 Å². The molecule has 0 saturated heterocycles. The van der Waals surface area contributed by atoms with Crippen LogP contribution in [0.4, 0.5) is 5.95 Å². The van der Waals surface area contributed by atoms with E-state index in [-0.39, 0.29) is 23.8 Å². The van der Waals surface area contributed by atoms with Crippen molar-refractivity contribution in [2.45, 2.75) is 0 Å². The molecule has 0 fully saturated rings. The fourth-order valence-electron chi connectivity index (χ4n) is 2.47. The van der Waals surface area contributed by atoms with Crippen molar-refractivity contribution in [2.75, 3.05) is 12.0 Å². The Kier molecular flexibility index (Phi) is 5.97. The zero-order valence-electron chi connectivity index (χ0n) is 15.1. The molecule has 144 valence electrons. The smallest absolute Gasteiger partial charge is 0.270 e. The molecule has 4 N–H and O–H groups in total. The molecule has 2 aromatic carbocycles. The van der Waals surface area contributed by atoms with E-state index in [2.05, 4.69) is 20.5 Å². The quantitative estimate of drug-likeness (QED) is 0.414. The number of aromatic amines is 1. The van der Waals surface area contributed by atoms with Crippen LogP contribution in [0.2, 0.25) is 0 Å². The number of nitrogens with two attached hydrogens (primary N) is 1. The van der Waals surface area contributed by atoms with Gasteiger partial charge in [-0.1, -0.05) is 42.5 Å². The Bertz CT molecular complexity index is 1150. The summed E-state index contributed by atoms with van der Waals surface area (Å²) in [6.07, 6.45) is 1.44. The largest absolute Gasteiger partial charge is 0.483 e. The van der Waals surface area contributed by atoms with E-state index in [9.17, 15) is 14.9 Å².